The number of furan rings is 1. The maximum Gasteiger partial charge on any atom is 0.199 e. The first-order valence-corrected chi connectivity index (χ1v) is 7.28. The standard InChI is InChI=1S/C12H11Br2N3O/c1-15-11-8(14)9(6-2-3-6)16-12(17-11)10-7(13)4-5-18-10/h4-6H,2-3H2,1H3,(H,15,16,17). The normalized spacial score (nSPS) is 14.8. The minimum Gasteiger partial charge on any atom is -0.460 e. The second-order valence-corrected chi connectivity index (χ2v) is 5.86. The van der Waals surface area contributed by atoms with Gasteiger partial charge >= 0.3 is 0 Å². The number of rotatable bonds is 3. The van der Waals surface area contributed by atoms with E-state index in [1.54, 1.807) is 6.26 Å². The molecule has 0 unspecified atom stereocenters. The van der Waals surface area contributed by atoms with Gasteiger partial charge in [0.2, 0.25) is 0 Å². The van der Waals surface area contributed by atoms with E-state index in [9.17, 15) is 0 Å². The van der Waals surface area contributed by atoms with Crippen molar-refractivity contribution in [2.24, 2.45) is 0 Å². The number of hydrogen-bond donors (Lipinski definition) is 1. The Morgan fingerprint density at radius 2 is 2.11 bits per heavy atom. The number of halogens is 2. The van der Waals surface area contributed by atoms with Crippen molar-refractivity contribution in [2.75, 3.05) is 12.4 Å². The Bertz CT molecular complexity index is 593. The van der Waals surface area contributed by atoms with Crippen LogP contribution in [-0.4, -0.2) is 17.0 Å². The molecule has 0 amide bonds. The maximum absolute atomic E-state index is 5.43. The third kappa shape index (κ3) is 2.07. The Kier molecular flexibility index (Phi) is 3.15. The van der Waals surface area contributed by atoms with Gasteiger partial charge in [-0.1, -0.05) is 0 Å². The average Bonchev–Trinajstić information content (AvgIpc) is 3.12. The zero-order chi connectivity index (χ0) is 12.7. The van der Waals surface area contributed by atoms with Crippen LogP contribution < -0.4 is 5.32 Å². The van der Waals surface area contributed by atoms with Crippen LogP contribution in [0, 0.1) is 0 Å². The van der Waals surface area contributed by atoms with E-state index in [1.165, 1.54) is 12.8 Å². The molecule has 6 heteroatoms. The first kappa shape index (κ1) is 12.2. The summed E-state index contributed by atoms with van der Waals surface area (Å²) in [4.78, 5) is 9.10. The molecule has 18 heavy (non-hydrogen) atoms. The Hall–Kier alpha value is -0.880. The Morgan fingerprint density at radius 3 is 2.67 bits per heavy atom. The number of aromatic nitrogens is 2. The zero-order valence-corrected chi connectivity index (χ0v) is 12.9. The van der Waals surface area contributed by atoms with Gasteiger partial charge < -0.3 is 9.73 Å². The van der Waals surface area contributed by atoms with Crippen LogP contribution in [0.4, 0.5) is 5.82 Å². The Balaban J connectivity index is 2.15. The molecule has 0 radical (unpaired) electrons. The van der Waals surface area contributed by atoms with Gasteiger partial charge in [0, 0.05) is 13.0 Å². The number of nitrogens with zero attached hydrogens (tertiary/aromatic N) is 2. The monoisotopic (exact) mass is 371 g/mol. The largest absolute Gasteiger partial charge is 0.460 e. The van der Waals surface area contributed by atoms with E-state index in [1.807, 2.05) is 13.1 Å². The van der Waals surface area contributed by atoms with Crippen LogP contribution >= 0.6 is 31.9 Å². The fourth-order valence-corrected chi connectivity index (χ4v) is 2.89. The molecule has 0 spiro atoms. The number of anilines is 1. The topological polar surface area (TPSA) is 51.0 Å². The van der Waals surface area contributed by atoms with Crippen molar-refractivity contribution in [1.29, 1.82) is 0 Å². The van der Waals surface area contributed by atoms with Crippen LogP contribution in [0.3, 0.4) is 0 Å². The van der Waals surface area contributed by atoms with Crippen LogP contribution in [0.25, 0.3) is 11.6 Å². The first-order chi connectivity index (χ1) is 8.70. The van der Waals surface area contributed by atoms with E-state index in [-0.39, 0.29) is 0 Å². The van der Waals surface area contributed by atoms with E-state index in [4.69, 9.17) is 4.42 Å². The molecule has 0 bridgehead atoms. The van der Waals surface area contributed by atoms with Gasteiger partial charge in [0.1, 0.15) is 5.82 Å². The molecule has 0 aromatic carbocycles. The molecule has 1 saturated carbocycles. The molecule has 2 heterocycles. The van der Waals surface area contributed by atoms with Crippen LogP contribution in [-0.2, 0) is 0 Å². The van der Waals surface area contributed by atoms with Gasteiger partial charge in [0.05, 0.1) is 20.9 Å². The molecular formula is C12H11Br2N3O. The third-order valence-corrected chi connectivity index (χ3v) is 4.30. The molecule has 1 fully saturated rings. The maximum atomic E-state index is 5.43. The SMILES string of the molecule is CNc1nc(-c2occc2Br)nc(C2CC2)c1Br. The van der Waals surface area contributed by atoms with Crippen LogP contribution in [0.5, 0.6) is 0 Å². The summed E-state index contributed by atoms with van der Waals surface area (Å²) in [7, 11) is 1.85. The lowest BCUT2D eigenvalue weighted by molar-refractivity contribution is 0.575. The predicted octanol–water partition coefficient (Wildman–Crippen LogP) is 4.18. The molecule has 0 atom stereocenters. The molecule has 2 aromatic heterocycles. The minimum atomic E-state index is 0.543. The summed E-state index contributed by atoms with van der Waals surface area (Å²) in [6, 6.07) is 1.84. The van der Waals surface area contributed by atoms with E-state index in [2.05, 4.69) is 47.1 Å². The zero-order valence-electron chi connectivity index (χ0n) is 9.70. The predicted molar refractivity (Wildman–Crippen MR) is 76.7 cm³/mol. The number of nitrogens with one attached hydrogen (secondary N) is 1. The molecule has 1 aliphatic rings. The minimum absolute atomic E-state index is 0.543. The molecule has 0 saturated heterocycles. The van der Waals surface area contributed by atoms with E-state index in [0.29, 0.717) is 17.5 Å². The second-order valence-electron chi connectivity index (χ2n) is 4.22. The summed E-state index contributed by atoms with van der Waals surface area (Å²) < 4.78 is 7.26. The van der Waals surface area contributed by atoms with Crippen molar-refractivity contribution < 1.29 is 4.42 Å². The summed E-state index contributed by atoms with van der Waals surface area (Å²) in [5, 5.41) is 3.09. The van der Waals surface area contributed by atoms with Gasteiger partial charge in [0.25, 0.3) is 0 Å². The highest BCUT2D eigenvalue weighted by Crippen LogP contribution is 2.44. The highest BCUT2D eigenvalue weighted by atomic mass is 79.9. The lowest BCUT2D eigenvalue weighted by Gasteiger charge is -2.09. The molecule has 94 valence electrons. The smallest absolute Gasteiger partial charge is 0.199 e. The van der Waals surface area contributed by atoms with Crippen molar-refractivity contribution in [3.8, 4) is 11.6 Å². The summed E-state index contributed by atoms with van der Waals surface area (Å²) >= 11 is 7.01. The summed E-state index contributed by atoms with van der Waals surface area (Å²) in [6.45, 7) is 0. The van der Waals surface area contributed by atoms with Gasteiger partial charge in [-0.3, -0.25) is 0 Å². The fourth-order valence-electron chi connectivity index (χ4n) is 1.81. The number of hydrogen-bond acceptors (Lipinski definition) is 4. The fraction of sp³-hybridized carbons (Fsp3) is 0.333. The quantitative estimate of drug-likeness (QED) is 0.877. The third-order valence-electron chi connectivity index (χ3n) is 2.90. The van der Waals surface area contributed by atoms with Gasteiger partial charge in [-0.2, -0.15) is 0 Å². The highest BCUT2D eigenvalue weighted by molar-refractivity contribution is 9.11. The van der Waals surface area contributed by atoms with Crippen molar-refractivity contribution in [3.05, 3.63) is 27.0 Å². The molecule has 1 aliphatic carbocycles. The van der Waals surface area contributed by atoms with E-state index < -0.39 is 0 Å². The van der Waals surface area contributed by atoms with Crippen molar-refractivity contribution >= 4 is 37.7 Å². The summed E-state index contributed by atoms with van der Waals surface area (Å²) in [5.74, 6) is 2.62. The van der Waals surface area contributed by atoms with Crippen LogP contribution in [0.1, 0.15) is 24.5 Å². The molecule has 2 aromatic rings. The van der Waals surface area contributed by atoms with Crippen LogP contribution in [0.15, 0.2) is 25.7 Å². The summed E-state index contributed by atoms with van der Waals surface area (Å²) in [6.07, 6.45) is 4.01. The molecule has 3 rings (SSSR count). The highest BCUT2D eigenvalue weighted by Gasteiger charge is 2.30. The van der Waals surface area contributed by atoms with Crippen molar-refractivity contribution in [2.45, 2.75) is 18.8 Å². The van der Waals surface area contributed by atoms with Gasteiger partial charge in [-0.25, -0.2) is 9.97 Å². The molecular weight excluding hydrogens is 362 g/mol. The second kappa shape index (κ2) is 4.66. The molecule has 4 nitrogen and oxygen atoms in total. The van der Waals surface area contributed by atoms with Crippen LogP contribution in [0.2, 0.25) is 0 Å². The summed E-state index contributed by atoms with van der Waals surface area (Å²) in [5.41, 5.74) is 1.06. The van der Waals surface area contributed by atoms with Gasteiger partial charge in [0.15, 0.2) is 11.6 Å². The average molecular weight is 373 g/mol. The molecule has 1 N–H and O–H groups in total. The van der Waals surface area contributed by atoms with Crippen molar-refractivity contribution in [1.82, 2.24) is 9.97 Å². The lowest BCUT2D eigenvalue weighted by Crippen LogP contribution is -2.02. The lowest BCUT2D eigenvalue weighted by atomic mass is 10.2. The van der Waals surface area contributed by atoms with E-state index in [0.717, 1.165) is 20.5 Å². The Labute approximate surface area is 121 Å². The first-order valence-electron chi connectivity index (χ1n) is 5.69. The van der Waals surface area contributed by atoms with Gasteiger partial charge in [-0.05, 0) is 50.8 Å². The molecule has 0 aliphatic heterocycles. The Morgan fingerprint density at radius 1 is 1.33 bits per heavy atom. The van der Waals surface area contributed by atoms with E-state index >= 15 is 0 Å². The van der Waals surface area contributed by atoms with Gasteiger partial charge in [-0.15, -0.1) is 0 Å². The van der Waals surface area contributed by atoms with Crippen molar-refractivity contribution in [3.63, 3.8) is 0 Å².